The first-order valence-corrected chi connectivity index (χ1v) is 7.15. The number of hydrogen-bond acceptors (Lipinski definition) is 2. The van der Waals surface area contributed by atoms with Crippen LogP contribution in [-0.2, 0) is 0 Å². The number of aromatic nitrogens is 2. The summed E-state index contributed by atoms with van der Waals surface area (Å²) in [6, 6.07) is 14.3. The van der Waals surface area contributed by atoms with E-state index in [1.165, 1.54) is 0 Å². The van der Waals surface area contributed by atoms with Crippen LogP contribution in [0.25, 0.3) is 23.2 Å². The molecule has 0 unspecified atom stereocenters. The van der Waals surface area contributed by atoms with Crippen molar-refractivity contribution in [2.45, 2.75) is 0 Å². The van der Waals surface area contributed by atoms with Gasteiger partial charge in [0.2, 0.25) is 0 Å². The minimum atomic E-state index is 0.857. The third-order valence-electron chi connectivity index (χ3n) is 3.10. The molecule has 0 aliphatic rings. The number of H-pyrrole nitrogens is 1. The Morgan fingerprint density at radius 3 is 2.65 bits per heavy atom. The van der Waals surface area contributed by atoms with Gasteiger partial charge in [0.1, 0.15) is 5.82 Å². The van der Waals surface area contributed by atoms with E-state index in [-0.39, 0.29) is 0 Å². The largest absolute Gasteiger partial charge is 0.388 e. The van der Waals surface area contributed by atoms with Crippen molar-refractivity contribution in [2.75, 3.05) is 12.4 Å². The van der Waals surface area contributed by atoms with E-state index in [9.17, 15) is 0 Å². The van der Waals surface area contributed by atoms with E-state index < -0.39 is 0 Å². The van der Waals surface area contributed by atoms with E-state index in [0.29, 0.717) is 0 Å². The smallest absolute Gasteiger partial charge is 0.131 e. The van der Waals surface area contributed by atoms with Crippen molar-refractivity contribution in [1.29, 1.82) is 0 Å². The Morgan fingerprint density at radius 2 is 1.90 bits per heavy atom. The van der Waals surface area contributed by atoms with Crippen LogP contribution in [0.4, 0.5) is 5.69 Å². The maximum atomic E-state index is 4.53. The van der Waals surface area contributed by atoms with Crippen molar-refractivity contribution >= 4 is 44.8 Å². The molecule has 2 N–H and O–H groups in total. The van der Waals surface area contributed by atoms with Crippen molar-refractivity contribution < 1.29 is 0 Å². The van der Waals surface area contributed by atoms with Gasteiger partial charge in [0.15, 0.2) is 0 Å². The highest BCUT2D eigenvalue weighted by Gasteiger charge is 2.00. The van der Waals surface area contributed by atoms with Gasteiger partial charge in [-0.3, -0.25) is 0 Å². The van der Waals surface area contributed by atoms with Gasteiger partial charge in [-0.2, -0.15) is 0 Å². The first kappa shape index (κ1) is 12.9. The topological polar surface area (TPSA) is 40.7 Å². The Hall–Kier alpha value is -2.07. The summed E-state index contributed by atoms with van der Waals surface area (Å²) in [7, 11) is 1.91. The van der Waals surface area contributed by atoms with Crippen LogP contribution in [0.5, 0.6) is 0 Å². The zero-order chi connectivity index (χ0) is 13.9. The molecule has 1 heterocycles. The maximum Gasteiger partial charge on any atom is 0.131 e. The molecular formula is C16H14BrN3. The van der Waals surface area contributed by atoms with Crippen molar-refractivity contribution in [3.05, 3.63) is 58.3 Å². The summed E-state index contributed by atoms with van der Waals surface area (Å²) < 4.78 is 1.05. The molecule has 100 valence electrons. The van der Waals surface area contributed by atoms with Crippen molar-refractivity contribution in [1.82, 2.24) is 9.97 Å². The lowest BCUT2D eigenvalue weighted by molar-refractivity contribution is 1.29. The van der Waals surface area contributed by atoms with E-state index in [1.807, 2.05) is 37.4 Å². The predicted molar refractivity (Wildman–Crippen MR) is 88.7 cm³/mol. The Kier molecular flexibility index (Phi) is 3.56. The molecule has 4 heteroatoms. The monoisotopic (exact) mass is 327 g/mol. The average Bonchev–Trinajstić information content (AvgIpc) is 2.87. The van der Waals surface area contributed by atoms with E-state index in [1.54, 1.807) is 0 Å². The highest BCUT2D eigenvalue weighted by atomic mass is 79.9. The highest BCUT2D eigenvalue weighted by Crippen LogP contribution is 2.18. The van der Waals surface area contributed by atoms with Gasteiger partial charge in [0.25, 0.3) is 0 Å². The molecule has 0 amide bonds. The number of nitrogens with zero attached hydrogens (tertiary/aromatic N) is 1. The van der Waals surface area contributed by atoms with Crippen molar-refractivity contribution in [3.8, 4) is 0 Å². The number of nitrogens with one attached hydrogen (secondary N) is 2. The van der Waals surface area contributed by atoms with Crippen LogP contribution in [0.2, 0.25) is 0 Å². The molecule has 0 bridgehead atoms. The van der Waals surface area contributed by atoms with Gasteiger partial charge in [0.05, 0.1) is 11.0 Å². The lowest BCUT2D eigenvalue weighted by Gasteiger charge is -1.98. The van der Waals surface area contributed by atoms with Gasteiger partial charge < -0.3 is 10.3 Å². The molecule has 2 aromatic carbocycles. The van der Waals surface area contributed by atoms with Gasteiger partial charge in [-0.1, -0.05) is 34.1 Å². The third-order valence-corrected chi connectivity index (χ3v) is 3.59. The van der Waals surface area contributed by atoms with Gasteiger partial charge in [0, 0.05) is 17.2 Å². The molecule has 0 atom stereocenters. The highest BCUT2D eigenvalue weighted by molar-refractivity contribution is 9.10. The predicted octanol–water partition coefficient (Wildman–Crippen LogP) is 4.54. The Morgan fingerprint density at radius 1 is 1.10 bits per heavy atom. The van der Waals surface area contributed by atoms with Crippen molar-refractivity contribution in [3.63, 3.8) is 0 Å². The lowest BCUT2D eigenvalue weighted by Crippen LogP contribution is -1.86. The fourth-order valence-corrected chi connectivity index (χ4v) is 2.38. The van der Waals surface area contributed by atoms with E-state index in [4.69, 9.17) is 0 Å². The Labute approximate surface area is 125 Å². The Bertz CT molecular complexity index is 757. The first-order valence-electron chi connectivity index (χ1n) is 6.36. The normalized spacial score (nSPS) is 11.3. The summed E-state index contributed by atoms with van der Waals surface area (Å²) in [5.41, 5.74) is 4.25. The second kappa shape index (κ2) is 5.51. The summed E-state index contributed by atoms with van der Waals surface area (Å²) in [5.74, 6) is 0.857. The molecule has 1 aromatic heterocycles. The van der Waals surface area contributed by atoms with Gasteiger partial charge >= 0.3 is 0 Å². The number of halogens is 1. The molecule has 0 radical (unpaired) electrons. The number of aromatic amines is 1. The fourth-order valence-electron chi connectivity index (χ4n) is 2.02. The van der Waals surface area contributed by atoms with Crippen LogP contribution in [0.1, 0.15) is 11.4 Å². The molecule has 20 heavy (non-hydrogen) atoms. The van der Waals surface area contributed by atoms with Crippen LogP contribution in [0.15, 0.2) is 46.9 Å². The fraction of sp³-hybridized carbons (Fsp3) is 0.0625. The zero-order valence-electron chi connectivity index (χ0n) is 11.0. The second-order valence-corrected chi connectivity index (χ2v) is 5.40. The third kappa shape index (κ3) is 2.75. The van der Waals surface area contributed by atoms with E-state index in [0.717, 1.165) is 32.6 Å². The van der Waals surface area contributed by atoms with Crippen LogP contribution >= 0.6 is 15.9 Å². The molecule has 0 aliphatic heterocycles. The number of rotatable bonds is 3. The minimum Gasteiger partial charge on any atom is -0.388 e. The molecule has 3 nitrogen and oxygen atoms in total. The number of anilines is 1. The van der Waals surface area contributed by atoms with E-state index >= 15 is 0 Å². The zero-order valence-corrected chi connectivity index (χ0v) is 12.6. The molecule has 0 saturated heterocycles. The molecule has 0 fully saturated rings. The quantitative estimate of drug-likeness (QED) is 0.741. The molecular weight excluding hydrogens is 314 g/mol. The average molecular weight is 328 g/mol. The molecule has 3 aromatic rings. The number of fused-ring (bicyclic) bond motifs is 1. The second-order valence-electron chi connectivity index (χ2n) is 4.49. The van der Waals surface area contributed by atoms with Gasteiger partial charge in [-0.25, -0.2) is 4.98 Å². The molecule has 0 spiro atoms. The SMILES string of the molecule is CNc1ccc(/C=C/c2nc3ccc(Br)cc3[nH]2)cc1. The van der Waals surface area contributed by atoms with Crippen LogP contribution < -0.4 is 5.32 Å². The summed E-state index contributed by atoms with van der Waals surface area (Å²) in [6.07, 6.45) is 4.04. The molecule has 0 saturated carbocycles. The van der Waals surface area contributed by atoms with Gasteiger partial charge in [-0.15, -0.1) is 0 Å². The maximum absolute atomic E-state index is 4.53. The molecule has 0 aliphatic carbocycles. The van der Waals surface area contributed by atoms with Crippen LogP contribution in [-0.4, -0.2) is 17.0 Å². The Balaban J connectivity index is 1.85. The minimum absolute atomic E-state index is 0.857. The van der Waals surface area contributed by atoms with Crippen LogP contribution in [0.3, 0.4) is 0 Å². The van der Waals surface area contributed by atoms with Crippen molar-refractivity contribution in [2.24, 2.45) is 0 Å². The number of benzene rings is 2. The van der Waals surface area contributed by atoms with Gasteiger partial charge in [-0.05, 0) is 42.0 Å². The van der Waals surface area contributed by atoms with Crippen LogP contribution in [0, 0.1) is 0 Å². The number of imidazole rings is 1. The summed E-state index contributed by atoms with van der Waals surface area (Å²) in [4.78, 5) is 7.82. The van der Waals surface area contributed by atoms with E-state index in [2.05, 4.69) is 55.5 Å². The summed E-state index contributed by atoms with van der Waals surface area (Å²) in [6.45, 7) is 0. The standard InChI is InChI=1S/C16H14BrN3/c1-18-13-6-2-11(3-7-13)4-9-16-19-14-8-5-12(17)10-15(14)20-16/h2-10,18H,1H3,(H,19,20)/b9-4+. The lowest BCUT2D eigenvalue weighted by atomic mass is 10.2. The summed E-state index contributed by atoms with van der Waals surface area (Å²) in [5, 5.41) is 3.10. The summed E-state index contributed by atoms with van der Waals surface area (Å²) >= 11 is 3.46. The molecule has 3 rings (SSSR count). The number of hydrogen-bond donors (Lipinski definition) is 2. The first-order chi connectivity index (χ1) is 9.74.